The molecule has 3 N–H and O–H groups in total. The third kappa shape index (κ3) is 7.26. The molecule has 0 spiro atoms. The number of anilines is 2. The number of pyridine rings is 1. The topological polar surface area (TPSA) is 136 Å². The number of aromatic nitrogens is 5. The molecule has 40 heavy (non-hydrogen) atoms. The summed E-state index contributed by atoms with van der Waals surface area (Å²) in [5.41, 5.74) is 7.84. The third-order valence-corrected chi connectivity index (χ3v) is 8.92. The van der Waals surface area contributed by atoms with Gasteiger partial charge in [-0.2, -0.15) is 10.2 Å². The molecular weight excluding hydrogens is 526 g/mol. The summed E-state index contributed by atoms with van der Waals surface area (Å²) < 4.78 is 9.42. The van der Waals surface area contributed by atoms with Gasteiger partial charge in [0.2, 0.25) is 0 Å². The van der Waals surface area contributed by atoms with Crippen molar-refractivity contribution < 1.29 is 14.3 Å². The molecule has 0 radical (unpaired) electrons. The second-order valence-corrected chi connectivity index (χ2v) is 17.8. The summed E-state index contributed by atoms with van der Waals surface area (Å²) >= 11 is 0. The summed E-state index contributed by atoms with van der Waals surface area (Å²) in [7, 11) is 2.80. The summed E-state index contributed by atoms with van der Waals surface area (Å²) in [5.74, 6) is -0.751. The Morgan fingerprint density at radius 3 is 2.73 bits per heavy atom. The number of piperidine rings is 1. The number of likely N-dealkylation sites (N-methyl/N-ethyl adjacent to an activating group) is 1. The van der Waals surface area contributed by atoms with Gasteiger partial charge in [0, 0.05) is 34.0 Å². The van der Waals surface area contributed by atoms with E-state index in [0.29, 0.717) is 35.6 Å². The van der Waals surface area contributed by atoms with E-state index < -0.39 is 19.9 Å². The van der Waals surface area contributed by atoms with Crippen molar-refractivity contribution in [1.82, 2.24) is 34.3 Å². The van der Waals surface area contributed by atoms with Crippen LogP contribution in [0.15, 0.2) is 24.7 Å². The average Bonchev–Trinajstić information content (AvgIpc) is 3.54. The maximum absolute atomic E-state index is 13.6. The summed E-state index contributed by atoms with van der Waals surface area (Å²) in [4.78, 5) is 34.9. The molecule has 4 rings (SSSR count). The van der Waals surface area contributed by atoms with Crippen LogP contribution in [0.2, 0.25) is 25.7 Å². The van der Waals surface area contributed by atoms with E-state index in [1.165, 1.54) is 6.20 Å². The number of nitrogens with one attached hydrogen (secondary N) is 1. The molecule has 1 saturated heterocycles. The van der Waals surface area contributed by atoms with Crippen molar-refractivity contribution in [2.24, 2.45) is 5.92 Å². The first-order valence-electron chi connectivity index (χ1n) is 13.9. The Bertz CT molecular complexity index is 1330. The standard InChI is InChI=1S/C27H43N9O3Si/c1-19-7-8-23(21-9-10-34(32-21)12-11-33(2)3)35(17-19)27(38)26(37)31-22-16-29-25(28)20-15-30-36(24(20)22)18-39-13-14-40(4,5)6/h9-10,15-16,19,23H,7-8,11-14,17-18H2,1-6H3,(H2,28,29)(H,31,37). The molecule has 0 saturated carbocycles. The number of ether oxygens (including phenoxy) is 1. The number of nitrogen functional groups attached to an aromatic ring is 1. The van der Waals surface area contributed by atoms with Crippen LogP contribution in [0.5, 0.6) is 0 Å². The molecule has 2 unspecified atom stereocenters. The predicted octanol–water partition coefficient (Wildman–Crippen LogP) is 3.02. The maximum atomic E-state index is 13.6. The lowest BCUT2D eigenvalue weighted by molar-refractivity contribution is -0.146. The van der Waals surface area contributed by atoms with Crippen LogP contribution >= 0.6 is 0 Å². The van der Waals surface area contributed by atoms with E-state index in [1.54, 1.807) is 15.8 Å². The number of carbonyl (C=O) groups excluding carboxylic acids is 2. The van der Waals surface area contributed by atoms with Crippen LogP contribution in [-0.2, 0) is 27.6 Å². The fourth-order valence-electron chi connectivity index (χ4n) is 4.81. The van der Waals surface area contributed by atoms with Crippen LogP contribution in [-0.4, -0.2) is 88.0 Å². The van der Waals surface area contributed by atoms with Gasteiger partial charge in [0.25, 0.3) is 0 Å². The normalized spacial score (nSPS) is 18.0. The summed E-state index contributed by atoms with van der Waals surface area (Å²) in [5, 5.41) is 12.5. The Hall–Kier alpha value is -3.29. The molecule has 2 amide bonds. The van der Waals surface area contributed by atoms with Crippen LogP contribution in [0.25, 0.3) is 10.9 Å². The van der Waals surface area contributed by atoms with Crippen molar-refractivity contribution >= 4 is 42.3 Å². The van der Waals surface area contributed by atoms with Gasteiger partial charge in [-0.15, -0.1) is 0 Å². The van der Waals surface area contributed by atoms with Gasteiger partial charge in [-0.25, -0.2) is 9.67 Å². The molecule has 3 aromatic rings. The first-order valence-corrected chi connectivity index (χ1v) is 17.6. The number of rotatable bonds is 10. The van der Waals surface area contributed by atoms with Crippen molar-refractivity contribution in [2.45, 2.75) is 64.8 Å². The molecule has 1 fully saturated rings. The first kappa shape index (κ1) is 29.7. The van der Waals surface area contributed by atoms with Crippen LogP contribution in [0.3, 0.4) is 0 Å². The van der Waals surface area contributed by atoms with E-state index in [2.05, 4.69) is 46.9 Å². The molecule has 3 aromatic heterocycles. The van der Waals surface area contributed by atoms with E-state index in [4.69, 9.17) is 15.6 Å². The SMILES string of the molecule is CC1CCC(c2ccn(CCN(C)C)n2)N(C(=O)C(=O)Nc2cnc(N)c3cnn(COCC[Si](C)(C)C)c23)C1. The molecule has 1 aliphatic rings. The molecule has 1 aliphatic heterocycles. The van der Waals surface area contributed by atoms with Crippen LogP contribution in [0, 0.1) is 5.92 Å². The number of amides is 2. The Morgan fingerprint density at radius 2 is 2.00 bits per heavy atom. The van der Waals surface area contributed by atoms with Crippen LogP contribution in [0.1, 0.15) is 31.5 Å². The zero-order chi connectivity index (χ0) is 29.0. The number of hydrogen-bond acceptors (Lipinski definition) is 8. The third-order valence-electron chi connectivity index (χ3n) is 7.21. The number of fused-ring (bicyclic) bond motifs is 1. The quantitative estimate of drug-likeness (QED) is 0.216. The predicted molar refractivity (Wildman–Crippen MR) is 158 cm³/mol. The highest BCUT2D eigenvalue weighted by Crippen LogP contribution is 2.33. The lowest BCUT2D eigenvalue weighted by Gasteiger charge is -2.37. The van der Waals surface area contributed by atoms with Gasteiger partial charge < -0.3 is 25.6 Å². The van der Waals surface area contributed by atoms with Crippen LogP contribution < -0.4 is 11.1 Å². The van der Waals surface area contributed by atoms with Crippen molar-refractivity contribution in [2.75, 3.05) is 44.8 Å². The van der Waals surface area contributed by atoms with E-state index in [-0.39, 0.29) is 18.7 Å². The van der Waals surface area contributed by atoms with Crippen LogP contribution in [0.4, 0.5) is 11.5 Å². The minimum absolute atomic E-state index is 0.205. The number of carbonyl (C=O) groups is 2. The van der Waals surface area contributed by atoms with Gasteiger partial charge in [-0.3, -0.25) is 14.3 Å². The van der Waals surface area contributed by atoms with E-state index in [1.807, 2.05) is 31.0 Å². The fraction of sp³-hybridized carbons (Fsp3) is 0.593. The monoisotopic (exact) mass is 569 g/mol. The summed E-state index contributed by atoms with van der Waals surface area (Å²) in [6.45, 7) is 11.9. The van der Waals surface area contributed by atoms with Crippen molar-refractivity contribution in [3.05, 3.63) is 30.4 Å². The van der Waals surface area contributed by atoms with Gasteiger partial charge in [0.1, 0.15) is 12.5 Å². The lowest BCUT2D eigenvalue weighted by Crippen LogP contribution is -2.46. The maximum Gasteiger partial charge on any atom is 0.314 e. The van der Waals surface area contributed by atoms with Gasteiger partial charge in [0.15, 0.2) is 0 Å². The Balaban J connectivity index is 1.51. The molecule has 0 aromatic carbocycles. The molecular formula is C27H43N9O3Si. The molecule has 4 heterocycles. The summed E-state index contributed by atoms with van der Waals surface area (Å²) in [6.07, 6.45) is 6.71. The highest BCUT2D eigenvalue weighted by molar-refractivity contribution is 6.76. The first-order chi connectivity index (χ1) is 18.9. The molecule has 2 atom stereocenters. The molecule has 0 bridgehead atoms. The smallest absolute Gasteiger partial charge is 0.314 e. The molecule has 13 heteroatoms. The zero-order valence-corrected chi connectivity index (χ0v) is 25.6. The molecule has 0 aliphatic carbocycles. The van der Waals surface area contributed by atoms with Gasteiger partial charge in [0.05, 0.1) is 47.3 Å². The minimum atomic E-state index is -1.24. The Labute approximate surface area is 236 Å². The zero-order valence-electron chi connectivity index (χ0n) is 24.6. The second kappa shape index (κ2) is 12.5. The molecule has 218 valence electrons. The second-order valence-electron chi connectivity index (χ2n) is 12.2. The van der Waals surface area contributed by atoms with Gasteiger partial charge in [-0.1, -0.05) is 26.6 Å². The largest absolute Gasteiger partial charge is 0.383 e. The van der Waals surface area contributed by atoms with E-state index >= 15 is 0 Å². The van der Waals surface area contributed by atoms with Crippen molar-refractivity contribution in [3.63, 3.8) is 0 Å². The number of nitrogens with zero attached hydrogens (tertiary/aromatic N) is 7. The van der Waals surface area contributed by atoms with Gasteiger partial charge >= 0.3 is 11.8 Å². The number of nitrogens with two attached hydrogens (primary N) is 1. The fourth-order valence-corrected chi connectivity index (χ4v) is 5.57. The van der Waals surface area contributed by atoms with Gasteiger partial charge in [-0.05, 0) is 45.0 Å². The van der Waals surface area contributed by atoms with Crippen molar-refractivity contribution in [3.8, 4) is 0 Å². The number of likely N-dealkylation sites (tertiary alicyclic amines) is 1. The highest BCUT2D eigenvalue weighted by Gasteiger charge is 2.35. The Kier molecular flexibility index (Phi) is 9.26. The average molecular weight is 570 g/mol. The highest BCUT2D eigenvalue weighted by atomic mass is 28.3. The van der Waals surface area contributed by atoms with E-state index in [0.717, 1.165) is 37.7 Å². The minimum Gasteiger partial charge on any atom is -0.383 e. The van der Waals surface area contributed by atoms with Crippen molar-refractivity contribution in [1.29, 1.82) is 0 Å². The number of hydrogen-bond donors (Lipinski definition) is 2. The molecule has 12 nitrogen and oxygen atoms in total. The summed E-state index contributed by atoms with van der Waals surface area (Å²) in [6, 6.07) is 2.71. The van der Waals surface area contributed by atoms with E-state index in [9.17, 15) is 9.59 Å². The Morgan fingerprint density at radius 1 is 1.23 bits per heavy atom. The lowest BCUT2D eigenvalue weighted by atomic mass is 9.92.